The highest BCUT2D eigenvalue weighted by Gasteiger charge is 2.04. The van der Waals surface area contributed by atoms with E-state index in [1.54, 1.807) is 6.07 Å². The monoisotopic (exact) mass is 250 g/mol. The van der Waals surface area contributed by atoms with Gasteiger partial charge >= 0.3 is 0 Å². The molecule has 1 aromatic rings. The molecule has 2 nitrogen and oxygen atoms in total. The van der Waals surface area contributed by atoms with Crippen LogP contribution in [-0.4, -0.2) is 10.2 Å². The molecular weight excluding hydrogens is 243 g/mol. The predicted octanol–water partition coefficient (Wildman–Crippen LogP) is 2.01. The number of rotatable bonds is 0. The molecule has 0 aliphatic rings. The summed E-state index contributed by atoms with van der Waals surface area (Å²) in [6.45, 7) is 1.88. The van der Waals surface area contributed by atoms with Gasteiger partial charge < -0.3 is 10.2 Å². The van der Waals surface area contributed by atoms with Crippen molar-refractivity contribution in [1.29, 1.82) is 0 Å². The van der Waals surface area contributed by atoms with E-state index in [-0.39, 0.29) is 11.5 Å². The molecule has 0 saturated carbocycles. The molecule has 54 valence electrons. The van der Waals surface area contributed by atoms with Gasteiger partial charge in [0.25, 0.3) is 0 Å². The summed E-state index contributed by atoms with van der Waals surface area (Å²) in [6, 6.07) is 3.24. The van der Waals surface area contributed by atoms with Gasteiger partial charge in [-0.2, -0.15) is 0 Å². The van der Waals surface area contributed by atoms with Crippen molar-refractivity contribution in [2.75, 3.05) is 0 Å². The second-order valence-electron chi connectivity index (χ2n) is 2.06. The molecule has 3 heteroatoms. The van der Waals surface area contributed by atoms with Crippen molar-refractivity contribution in [3.8, 4) is 11.5 Å². The number of phenols is 2. The summed E-state index contributed by atoms with van der Waals surface area (Å²) in [5, 5.41) is 18.1. The second-order valence-corrected chi connectivity index (χ2v) is 3.14. The van der Waals surface area contributed by atoms with Crippen molar-refractivity contribution in [2.45, 2.75) is 6.92 Å². The number of benzene rings is 1. The Morgan fingerprint density at radius 3 is 2.40 bits per heavy atom. The Morgan fingerprint density at radius 2 is 1.90 bits per heavy atom. The zero-order valence-corrected chi connectivity index (χ0v) is 7.58. The lowest BCUT2D eigenvalue weighted by Gasteiger charge is -2.01. The van der Waals surface area contributed by atoms with Crippen LogP contribution in [0.25, 0.3) is 0 Å². The molecule has 0 aromatic heterocycles. The largest absolute Gasteiger partial charge is 0.504 e. The number of phenolic OH excluding ortho intramolecular Hbond substituents is 2. The molecule has 0 atom stereocenters. The predicted molar refractivity (Wildman–Crippen MR) is 47.2 cm³/mol. The molecule has 0 amide bonds. The van der Waals surface area contributed by atoms with Gasteiger partial charge in [-0.05, 0) is 41.1 Å². The van der Waals surface area contributed by atoms with Gasteiger partial charge in [-0.3, -0.25) is 0 Å². The molecule has 0 saturated heterocycles. The highest BCUT2D eigenvalue weighted by Crippen LogP contribution is 2.31. The van der Waals surface area contributed by atoms with Crippen molar-refractivity contribution in [2.24, 2.45) is 0 Å². The van der Waals surface area contributed by atoms with Gasteiger partial charge in [0, 0.05) is 0 Å². The first kappa shape index (κ1) is 7.65. The maximum absolute atomic E-state index is 9.13. The van der Waals surface area contributed by atoms with Crippen LogP contribution in [-0.2, 0) is 0 Å². The highest BCUT2D eigenvalue weighted by atomic mass is 127. The Morgan fingerprint density at radius 1 is 1.30 bits per heavy atom. The van der Waals surface area contributed by atoms with E-state index in [0.717, 1.165) is 5.56 Å². The molecule has 0 heterocycles. The summed E-state index contributed by atoms with van der Waals surface area (Å²) in [7, 11) is 0. The van der Waals surface area contributed by atoms with Crippen LogP contribution in [0.2, 0.25) is 0 Å². The smallest absolute Gasteiger partial charge is 0.171 e. The number of aryl methyl sites for hydroxylation is 1. The van der Waals surface area contributed by atoms with Crippen LogP contribution in [0.5, 0.6) is 11.5 Å². The standard InChI is InChI=1S/C7H7IO2/c1-4-2-3-5(9)7(10)6(4)8/h2-3,9-10H,1H3. The molecular formula is C7H7IO2. The first-order valence-corrected chi connectivity index (χ1v) is 3.88. The van der Waals surface area contributed by atoms with Crippen LogP contribution < -0.4 is 0 Å². The Balaban J connectivity index is 3.34. The van der Waals surface area contributed by atoms with Crippen molar-refractivity contribution >= 4 is 22.6 Å². The quantitative estimate of drug-likeness (QED) is 0.546. The molecule has 2 N–H and O–H groups in total. The normalized spacial score (nSPS) is 9.80. The van der Waals surface area contributed by atoms with Crippen LogP contribution >= 0.6 is 22.6 Å². The fourth-order valence-corrected chi connectivity index (χ4v) is 1.11. The summed E-state index contributed by atoms with van der Waals surface area (Å²) in [5.74, 6) is -0.0874. The highest BCUT2D eigenvalue weighted by molar-refractivity contribution is 14.1. The maximum Gasteiger partial charge on any atom is 0.171 e. The lowest BCUT2D eigenvalue weighted by molar-refractivity contribution is 0.400. The third kappa shape index (κ3) is 1.18. The SMILES string of the molecule is Cc1ccc(O)c(O)c1I. The van der Waals surface area contributed by atoms with Gasteiger partial charge in [-0.15, -0.1) is 0 Å². The molecule has 0 fully saturated rings. The zero-order valence-electron chi connectivity index (χ0n) is 5.43. The number of hydrogen-bond donors (Lipinski definition) is 2. The van der Waals surface area contributed by atoms with Crippen LogP contribution in [0.3, 0.4) is 0 Å². The van der Waals surface area contributed by atoms with Gasteiger partial charge in [-0.25, -0.2) is 0 Å². The van der Waals surface area contributed by atoms with Gasteiger partial charge in [0.05, 0.1) is 3.57 Å². The Kier molecular flexibility index (Phi) is 2.03. The minimum Gasteiger partial charge on any atom is -0.504 e. The summed E-state index contributed by atoms with van der Waals surface area (Å²) in [5.41, 5.74) is 0.968. The van der Waals surface area contributed by atoms with Gasteiger partial charge in [0.2, 0.25) is 0 Å². The molecule has 0 unspecified atom stereocenters. The van der Waals surface area contributed by atoms with Crippen molar-refractivity contribution in [1.82, 2.24) is 0 Å². The number of halogens is 1. The molecule has 1 rings (SSSR count). The van der Waals surface area contributed by atoms with Gasteiger partial charge in [0.15, 0.2) is 11.5 Å². The second kappa shape index (κ2) is 2.65. The van der Waals surface area contributed by atoms with Crippen molar-refractivity contribution in [3.63, 3.8) is 0 Å². The van der Waals surface area contributed by atoms with E-state index in [2.05, 4.69) is 0 Å². The third-order valence-electron chi connectivity index (χ3n) is 1.29. The van der Waals surface area contributed by atoms with E-state index in [4.69, 9.17) is 10.2 Å². The van der Waals surface area contributed by atoms with Crippen LogP contribution in [0.15, 0.2) is 12.1 Å². The Hall–Kier alpha value is -0.450. The minimum atomic E-state index is -0.0602. The van der Waals surface area contributed by atoms with E-state index in [0.29, 0.717) is 3.57 Å². The van der Waals surface area contributed by atoms with Crippen molar-refractivity contribution < 1.29 is 10.2 Å². The fourth-order valence-electron chi connectivity index (χ4n) is 0.655. The summed E-state index contributed by atoms with van der Waals surface area (Å²) in [6.07, 6.45) is 0. The van der Waals surface area contributed by atoms with Crippen LogP contribution in [0.1, 0.15) is 5.56 Å². The topological polar surface area (TPSA) is 40.5 Å². The van der Waals surface area contributed by atoms with E-state index in [1.165, 1.54) is 6.07 Å². The number of hydrogen-bond acceptors (Lipinski definition) is 2. The van der Waals surface area contributed by atoms with E-state index >= 15 is 0 Å². The lowest BCUT2D eigenvalue weighted by atomic mass is 10.2. The maximum atomic E-state index is 9.13. The van der Waals surface area contributed by atoms with E-state index in [9.17, 15) is 0 Å². The van der Waals surface area contributed by atoms with E-state index < -0.39 is 0 Å². The molecule has 0 bridgehead atoms. The molecule has 1 aromatic carbocycles. The van der Waals surface area contributed by atoms with Gasteiger partial charge in [-0.1, -0.05) is 6.07 Å². The average Bonchev–Trinajstić information content (AvgIpc) is 1.93. The summed E-state index contributed by atoms with van der Waals surface area (Å²) in [4.78, 5) is 0. The van der Waals surface area contributed by atoms with Crippen LogP contribution in [0, 0.1) is 10.5 Å². The van der Waals surface area contributed by atoms with Crippen LogP contribution in [0.4, 0.5) is 0 Å². The molecule has 0 spiro atoms. The minimum absolute atomic E-state index is 0.0272. The number of aromatic hydroxyl groups is 2. The molecule has 0 aliphatic carbocycles. The first-order chi connectivity index (χ1) is 4.63. The van der Waals surface area contributed by atoms with Crippen molar-refractivity contribution in [3.05, 3.63) is 21.3 Å². The lowest BCUT2D eigenvalue weighted by Crippen LogP contribution is -1.79. The Labute approximate surface area is 72.6 Å². The van der Waals surface area contributed by atoms with E-state index in [1.807, 2.05) is 29.5 Å². The average molecular weight is 250 g/mol. The molecule has 0 radical (unpaired) electrons. The first-order valence-electron chi connectivity index (χ1n) is 2.80. The summed E-state index contributed by atoms with van der Waals surface area (Å²) < 4.78 is 0.706. The molecule has 0 aliphatic heterocycles. The van der Waals surface area contributed by atoms with Gasteiger partial charge in [0.1, 0.15) is 0 Å². The Bertz CT molecular complexity index is 231. The third-order valence-corrected chi connectivity index (χ3v) is 2.65. The molecule has 10 heavy (non-hydrogen) atoms. The fraction of sp³-hybridized carbons (Fsp3) is 0.143. The zero-order chi connectivity index (χ0) is 7.72. The summed E-state index contributed by atoms with van der Waals surface area (Å²) >= 11 is 1.98.